The number of nitrogen functional groups attached to an aromatic ring is 1. The van der Waals surface area contributed by atoms with Gasteiger partial charge in [0.2, 0.25) is 5.91 Å². The molecule has 1 aromatic carbocycles. The van der Waals surface area contributed by atoms with E-state index in [-0.39, 0.29) is 17.9 Å². The molecule has 0 unspecified atom stereocenters. The normalized spacial score (nSPS) is 22.1. The van der Waals surface area contributed by atoms with E-state index in [0.717, 1.165) is 18.4 Å². The monoisotopic (exact) mass is 288 g/mol. The summed E-state index contributed by atoms with van der Waals surface area (Å²) in [7, 11) is 0. The molecule has 5 heteroatoms. The van der Waals surface area contributed by atoms with Crippen LogP contribution in [0.3, 0.4) is 0 Å². The van der Waals surface area contributed by atoms with Crippen LogP contribution in [0.5, 0.6) is 0 Å². The smallest absolute Gasteiger partial charge is 0.306 e. The summed E-state index contributed by atoms with van der Waals surface area (Å²) in [6, 6.07) is 7.33. The van der Waals surface area contributed by atoms with Crippen LogP contribution >= 0.6 is 0 Å². The highest BCUT2D eigenvalue weighted by molar-refractivity contribution is 5.92. The van der Waals surface area contributed by atoms with Crippen molar-refractivity contribution in [3.8, 4) is 0 Å². The Morgan fingerprint density at radius 2 is 1.76 bits per heavy atom. The number of rotatable bonds is 4. The highest BCUT2D eigenvalue weighted by atomic mass is 16.4. The number of anilines is 1. The lowest BCUT2D eigenvalue weighted by atomic mass is 9.86. The molecule has 0 spiro atoms. The van der Waals surface area contributed by atoms with Crippen LogP contribution in [0, 0.1) is 5.92 Å². The van der Waals surface area contributed by atoms with E-state index in [1.54, 1.807) is 18.2 Å². The first-order chi connectivity index (χ1) is 10.0. The molecular formula is C16H20N2O3. The van der Waals surface area contributed by atoms with Crippen molar-refractivity contribution in [3.05, 3.63) is 35.9 Å². The summed E-state index contributed by atoms with van der Waals surface area (Å²) in [4.78, 5) is 22.7. The third kappa shape index (κ3) is 4.63. The minimum Gasteiger partial charge on any atom is -0.481 e. The first-order valence-corrected chi connectivity index (χ1v) is 7.11. The molecule has 0 aromatic heterocycles. The maximum absolute atomic E-state index is 11.8. The van der Waals surface area contributed by atoms with E-state index in [1.165, 1.54) is 6.08 Å². The van der Waals surface area contributed by atoms with Gasteiger partial charge in [-0.25, -0.2) is 0 Å². The van der Waals surface area contributed by atoms with Gasteiger partial charge < -0.3 is 16.2 Å². The number of aliphatic carboxylic acids is 1. The highest BCUT2D eigenvalue weighted by Gasteiger charge is 2.26. The van der Waals surface area contributed by atoms with E-state index < -0.39 is 5.97 Å². The lowest BCUT2D eigenvalue weighted by molar-refractivity contribution is -0.142. The number of benzene rings is 1. The van der Waals surface area contributed by atoms with Gasteiger partial charge in [-0.3, -0.25) is 9.59 Å². The van der Waals surface area contributed by atoms with Crippen molar-refractivity contribution < 1.29 is 14.7 Å². The zero-order valence-electron chi connectivity index (χ0n) is 11.8. The number of nitrogens with one attached hydrogen (secondary N) is 1. The molecule has 1 aliphatic rings. The molecule has 0 heterocycles. The molecule has 0 bridgehead atoms. The van der Waals surface area contributed by atoms with Crippen molar-refractivity contribution >= 4 is 23.6 Å². The van der Waals surface area contributed by atoms with E-state index in [4.69, 9.17) is 10.8 Å². The molecule has 1 saturated carbocycles. The van der Waals surface area contributed by atoms with E-state index in [1.807, 2.05) is 12.1 Å². The van der Waals surface area contributed by atoms with Gasteiger partial charge in [-0.05, 0) is 49.5 Å². The Morgan fingerprint density at radius 1 is 1.14 bits per heavy atom. The zero-order valence-corrected chi connectivity index (χ0v) is 11.8. The van der Waals surface area contributed by atoms with Gasteiger partial charge in [0.25, 0.3) is 0 Å². The second-order valence-electron chi connectivity index (χ2n) is 5.40. The van der Waals surface area contributed by atoms with Crippen LogP contribution in [-0.2, 0) is 9.59 Å². The minimum absolute atomic E-state index is 0.0733. The van der Waals surface area contributed by atoms with Gasteiger partial charge in [0, 0.05) is 17.8 Å². The predicted octanol–water partition coefficient (Wildman–Crippen LogP) is 2.04. The Balaban J connectivity index is 1.80. The number of amides is 1. The van der Waals surface area contributed by atoms with E-state index >= 15 is 0 Å². The van der Waals surface area contributed by atoms with Crippen molar-refractivity contribution in [2.75, 3.05) is 5.73 Å². The third-order valence-electron chi connectivity index (χ3n) is 3.79. The van der Waals surface area contributed by atoms with Gasteiger partial charge in [0.05, 0.1) is 5.92 Å². The fourth-order valence-corrected chi connectivity index (χ4v) is 2.51. The molecule has 0 radical (unpaired) electrons. The molecule has 21 heavy (non-hydrogen) atoms. The lowest BCUT2D eigenvalue weighted by Gasteiger charge is -2.26. The van der Waals surface area contributed by atoms with Crippen molar-refractivity contribution in [1.29, 1.82) is 0 Å². The number of hydrogen-bond donors (Lipinski definition) is 3. The summed E-state index contributed by atoms with van der Waals surface area (Å²) in [5.74, 6) is -1.14. The summed E-state index contributed by atoms with van der Waals surface area (Å²) >= 11 is 0. The molecular weight excluding hydrogens is 268 g/mol. The zero-order chi connectivity index (χ0) is 15.2. The largest absolute Gasteiger partial charge is 0.481 e. The average molecular weight is 288 g/mol. The molecule has 0 aliphatic heterocycles. The predicted molar refractivity (Wildman–Crippen MR) is 81.4 cm³/mol. The molecule has 1 aliphatic carbocycles. The van der Waals surface area contributed by atoms with Crippen molar-refractivity contribution in [1.82, 2.24) is 5.32 Å². The Kier molecular flexibility index (Phi) is 4.98. The second-order valence-corrected chi connectivity index (χ2v) is 5.40. The molecule has 2 rings (SSSR count). The first-order valence-electron chi connectivity index (χ1n) is 7.11. The second kappa shape index (κ2) is 6.92. The topological polar surface area (TPSA) is 92.4 Å². The molecule has 1 fully saturated rings. The van der Waals surface area contributed by atoms with Gasteiger partial charge in [0.15, 0.2) is 0 Å². The number of nitrogens with two attached hydrogens (primary N) is 1. The minimum atomic E-state index is -0.733. The van der Waals surface area contributed by atoms with Crippen LogP contribution in [0.4, 0.5) is 5.69 Å². The number of carboxylic acids is 1. The molecule has 112 valence electrons. The van der Waals surface area contributed by atoms with E-state index in [0.29, 0.717) is 18.5 Å². The van der Waals surface area contributed by atoms with Crippen LogP contribution in [0.15, 0.2) is 30.3 Å². The summed E-state index contributed by atoms with van der Waals surface area (Å²) in [5, 5.41) is 11.8. The molecule has 5 nitrogen and oxygen atoms in total. The number of hydrogen-bond acceptors (Lipinski definition) is 3. The molecule has 1 aromatic rings. The summed E-state index contributed by atoms with van der Waals surface area (Å²) in [5.41, 5.74) is 7.19. The highest BCUT2D eigenvalue weighted by Crippen LogP contribution is 2.24. The average Bonchev–Trinajstić information content (AvgIpc) is 2.47. The SMILES string of the molecule is Nc1ccc(/C=C/C(=O)NC2CCC(C(=O)O)CC2)cc1. The van der Waals surface area contributed by atoms with E-state index in [2.05, 4.69) is 5.32 Å². The Morgan fingerprint density at radius 3 is 2.33 bits per heavy atom. The molecule has 4 N–H and O–H groups in total. The lowest BCUT2D eigenvalue weighted by Crippen LogP contribution is -2.37. The van der Waals surface area contributed by atoms with Crippen LogP contribution in [-0.4, -0.2) is 23.0 Å². The fourth-order valence-electron chi connectivity index (χ4n) is 2.51. The van der Waals surface area contributed by atoms with Gasteiger partial charge in [-0.1, -0.05) is 12.1 Å². The Hall–Kier alpha value is -2.30. The Bertz CT molecular complexity index is 529. The quantitative estimate of drug-likeness (QED) is 0.584. The maximum atomic E-state index is 11.8. The molecule has 0 atom stereocenters. The van der Waals surface area contributed by atoms with Gasteiger partial charge >= 0.3 is 5.97 Å². The van der Waals surface area contributed by atoms with Crippen molar-refractivity contribution in [2.24, 2.45) is 5.92 Å². The van der Waals surface area contributed by atoms with Crippen LogP contribution < -0.4 is 11.1 Å². The fraction of sp³-hybridized carbons (Fsp3) is 0.375. The van der Waals surface area contributed by atoms with Gasteiger partial charge in [0.1, 0.15) is 0 Å². The number of carbonyl (C=O) groups excluding carboxylic acids is 1. The molecule has 0 saturated heterocycles. The van der Waals surface area contributed by atoms with Crippen LogP contribution in [0.2, 0.25) is 0 Å². The number of carboxylic acid groups (broad SMARTS) is 1. The summed E-state index contributed by atoms with van der Waals surface area (Å²) < 4.78 is 0. The van der Waals surface area contributed by atoms with Crippen molar-refractivity contribution in [3.63, 3.8) is 0 Å². The van der Waals surface area contributed by atoms with Crippen molar-refractivity contribution in [2.45, 2.75) is 31.7 Å². The number of carbonyl (C=O) groups is 2. The first kappa shape index (κ1) is 15.1. The van der Waals surface area contributed by atoms with Crippen LogP contribution in [0.1, 0.15) is 31.2 Å². The summed E-state index contributed by atoms with van der Waals surface area (Å²) in [6.07, 6.45) is 5.92. The van der Waals surface area contributed by atoms with Crippen LogP contribution in [0.25, 0.3) is 6.08 Å². The third-order valence-corrected chi connectivity index (χ3v) is 3.79. The maximum Gasteiger partial charge on any atom is 0.306 e. The van der Waals surface area contributed by atoms with Gasteiger partial charge in [-0.15, -0.1) is 0 Å². The summed E-state index contributed by atoms with van der Waals surface area (Å²) in [6.45, 7) is 0. The van der Waals surface area contributed by atoms with E-state index in [9.17, 15) is 9.59 Å². The standard InChI is InChI=1S/C16H20N2O3/c17-13-6-1-11(2-7-13)3-10-15(19)18-14-8-4-12(5-9-14)16(20)21/h1-3,6-7,10,12,14H,4-5,8-9,17H2,(H,18,19)(H,20,21)/b10-3+. The Labute approximate surface area is 123 Å². The van der Waals surface area contributed by atoms with Gasteiger partial charge in [-0.2, -0.15) is 0 Å². The molecule has 1 amide bonds.